The van der Waals surface area contributed by atoms with Gasteiger partial charge in [0.25, 0.3) is 5.91 Å². The minimum Gasteiger partial charge on any atom is -0.444 e. The number of ether oxygens (including phenoxy) is 1. The van der Waals surface area contributed by atoms with Crippen molar-refractivity contribution in [2.24, 2.45) is 0 Å². The number of hydrogen-bond acceptors (Lipinski definition) is 7. The second-order valence-corrected chi connectivity index (χ2v) is 12.2. The monoisotopic (exact) mass is 571 g/mol. The first-order valence-electron chi connectivity index (χ1n) is 14.8. The average molecular weight is 572 g/mol. The summed E-state index contributed by atoms with van der Waals surface area (Å²) in [5, 5.41) is 11.2. The number of nitrogens with zero attached hydrogens (tertiary/aromatic N) is 5. The van der Waals surface area contributed by atoms with Crippen molar-refractivity contribution in [3.05, 3.63) is 95.6 Å². The first kappa shape index (κ1) is 29.7. The van der Waals surface area contributed by atoms with E-state index in [1.54, 1.807) is 23.4 Å². The fraction of sp³-hybridized carbons (Fsp3) is 0.455. The number of piperazine rings is 1. The maximum atomic E-state index is 13.4. The van der Waals surface area contributed by atoms with Crippen LogP contribution in [0.25, 0.3) is 0 Å². The van der Waals surface area contributed by atoms with Crippen LogP contribution in [0.3, 0.4) is 0 Å². The normalized spacial score (nSPS) is 20.4. The third-order valence-corrected chi connectivity index (χ3v) is 7.94. The van der Waals surface area contributed by atoms with Gasteiger partial charge in [-0.2, -0.15) is 0 Å². The Morgan fingerprint density at radius 2 is 1.69 bits per heavy atom. The van der Waals surface area contributed by atoms with Gasteiger partial charge < -0.3 is 14.7 Å². The zero-order chi connectivity index (χ0) is 29.7. The summed E-state index contributed by atoms with van der Waals surface area (Å²) < 4.78 is 5.77. The summed E-state index contributed by atoms with van der Waals surface area (Å²) >= 11 is 0. The molecule has 2 aromatic heterocycles. The molecule has 1 N–H and O–H groups in total. The van der Waals surface area contributed by atoms with E-state index < -0.39 is 23.8 Å². The van der Waals surface area contributed by atoms with Crippen LogP contribution in [-0.2, 0) is 17.7 Å². The zero-order valence-corrected chi connectivity index (χ0v) is 24.7. The minimum absolute atomic E-state index is 0.0682. The number of benzene rings is 1. The number of pyridine rings is 2. The molecule has 1 unspecified atom stereocenters. The first-order valence-corrected chi connectivity index (χ1v) is 14.8. The number of hydrogen-bond donors (Lipinski definition) is 1. The third kappa shape index (κ3) is 7.33. The molecule has 9 heteroatoms. The number of carbonyl (C=O) groups is 2. The summed E-state index contributed by atoms with van der Waals surface area (Å²) in [5.41, 5.74) is 2.51. The quantitative estimate of drug-likeness (QED) is 0.447. The summed E-state index contributed by atoms with van der Waals surface area (Å²) in [6, 6.07) is 18.5. The van der Waals surface area contributed by atoms with E-state index >= 15 is 0 Å². The highest BCUT2D eigenvalue weighted by Gasteiger charge is 2.43. The van der Waals surface area contributed by atoms with Crippen LogP contribution in [0, 0.1) is 0 Å². The van der Waals surface area contributed by atoms with Crippen molar-refractivity contribution in [2.75, 3.05) is 26.2 Å². The summed E-state index contributed by atoms with van der Waals surface area (Å²) in [6.45, 7) is 9.19. The number of rotatable bonds is 7. The predicted molar refractivity (Wildman–Crippen MR) is 160 cm³/mol. The smallest absolute Gasteiger partial charge is 0.410 e. The predicted octanol–water partition coefficient (Wildman–Crippen LogP) is 4.48. The maximum absolute atomic E-state index is 13.4. The fourth-order valence-corrected chi connectivity index (χ4v) is 5.83. The van der Waals surface area contributed by atoms with Crippen LogP contribution in [0.2, 0.25) is 0 Å². The molecule has 0 aliphatic carbocycles. The Morgan fingerprint density at radius 1 is 0.952 bits per heavy atom. The first-order chi connectivity index (χ1) is 20.2. The van der Waals surface area contributed by atoms with Crippen molar-refractivity contribution < 1.29 is 19.4 Å². The average Bonchev–Trinajstić information content (AvgIpc) is 3.41. The molecule has 4 heterocycles. The molecule has 3 aromatic rings. The van der Waals surface area contributed by atoms with Crippen molar-refractivity contribution in [2.45, 2.75) is 70.4 Å². The van der Waals surface area contributed by atoms with Gasteiger partial charge in [-0.1, -0.05) is 42.5 Å². The number of aliphatic hydroxyl groups excluding tert-OH is 1. The lowest BCUT2D eigenvalue weighted by molar-refractivity contribution is -0.00454. The summed E-state index contributed by atoms with van der Waals surface area (Å²) in [6.07, 6.45) is 4.26. The Bertz CT molecular complexity index is 1320. The van der Waals surface area contributed by atoms with E-state index in [0.717, 1.165) is 42.9 Å². The summed E-state index contributed by atoms with van der Waals surface area (Å²) in [7, 11) is 0. The number of likely N-dealkylation sites (tertiary alicyclic amines) is 1. The van der Waals surface area contributed by atoms with Gasteiger partial charge in [-0.3, -0.25) is 24.6 Å². The van der Waals surface area contributed by atoms with Gasteiger partial charge >= 0.3 is 6.09 Å². The Morgan fingerprint density at radius 3 is 2.33 bits per heavy atom. The SMILES string of the molecule is CC(C)(C)OC(=O)N1C(Cc2ccc(C(=O)N3CCN(Cc4ccccn4)CC3)nc2)CC[C@@H]1[C@H](O)c1ccccc1. The van der Waals surface area contributed by atoms with Crippen LogP contribution in [0.4, 0.5) is 4.79 Å². The lowest BCUT2D eigenvalue weighted by Crippen LogP contribution is -2.48. The molecule has 2 saturated heterocycles. The second-order valence-electron chi connectivity index (χ2n) is 12.2. The lowest BCUT2D eigenvalue weighted by atomic mass is 10.0. The molecule has 222 valence electrons. The van der Waals surface area contributed by atoms with Gasteiger partial charge in [0.1, 0.15) is 11.3 Å². The second kappa shape index (κ2) is 13.0. The highest BCUT2D eigenvalue weighted by molar-refractivity contribution is 5.92. The van der Waals surface area contributed by atoms with Crippen LogP contribution in [0.15, 0.2) is 73.1 Å². The van der Waals surface area contributed by atoms with Crippen LogP contribution in [0.5, 0.6) is 0 Å². The topological polar surface area (TPSA) is 99.1 Å². The number of amides is 2. The molecule has 9 nitrogen and oxygen atoms in total. The van der Waals surface area contributed by atoms with Crippen LogP contribution >= 0.6 is 0 Å². The van der Waals surface area contributed by atoms with Crippen LogP contribution < -0.4 is 0 Å². The molecule has 42 heavy (non-hydrogen) atoms. The van der Waals surface area contributed by atoms with Gasteiger partial charge in [-0.05, 0) is 69.4 Å². The van der Waals surface area contributed by atoms with Crippen LogP contribution in [-0.4, -0.2) is 85.6 Å². The van der Waals surface area contributed by atoms with E-state index in [9.17, 15) is 14.7 Å². The highest BCUT2D eigenvalue weighted by atomic mass is 16.6. The molecule has 1 aromatic carbocycles. The molecule has 0 radical (unpaired) electrons. The van der Waals surface area contributed by atoms with Gasteiger partial charge in [0.05, 0.1) is 17.8 Å². The van der Waals surface area contributed by atoms with E-state index in [4.69, 9.17) is 4.74 Å². The molecular weight excluding hydrogens is 530 g/mol. The molecule has 2 amide bonds. The number of aromatic nitrogens is 2. The van der Waals surface area contributed by atoms with E-state index in [1.807, 2.05) is 80.3 Å². The molecule has 2 aliphatic heterocycles. The van der Waals surface area contributed by atoms with Crippen molar-refractivity contribution in [3.8, 4) is 0 Å². The molecule has 0 bridgehead atoms. The molecule has 2 fully saturated rings. The molecule has 0 saturated carbocycles. The summed E-state index contributed by atoms with van der Waals surface area (Å²) in [5.74, 6) is -0.0682. The van der Waals surface area contributed by atoms with Crippen molar-refractivity contribution in [1.29, 1.82) is 0 Å². The van der Waals surface area contributed by atoms with Gasteiger partial charge in [0, 0.05) is 51.2 Å². The van der Waals surface area contributed by atoms with Gasteiger partial charge in [0.2, 0.25) is 0 Å². The van der Waals surface area contributed by atoms with Crippen molar-refractivity contribution in [1.82, 2.24) is 24.7 Å². The van der Waals surface area contributed by atoms with Crippen molar-refractivity contribution in [3.63, 3.8) is 0 Å². The number of carbonyl (C=O) groups excluding carboxylic acids is 2. The number of aliphatic hydroxyl groups is 1. The van der Waals surface area contributed by atoms with Gasteiger partial charge in [-0.15, -0.1) is 0 Å². The zero-order valence-electron chi connectivity index (χ0n) is 24.7. The van der Waals surface area contributed by atoms with E-state index in [0.29, 0.717) is 31.6 Å². The van der Waals surface area contributed by atoms with Gasteiger partial charge in [-0.25, -0.2) is 4.79 Å². The maximum Gasteiger partial charge on any atom is 0.410 e. The molecule has 0 spiro atoms. The largest absolute Gasteiger partial charge is 0.444 e. The molecule has 5 rings (SSSR count). The van der Waals surface area contributed by atoms with E-state index in [-0.39, 0.29) is 11.9 Å². The van der Waals surface area contributed by atoms with E-state index in [2.05, 4.69) is 14.9 Å². The Hall–Kier alpha value is -3.82. The third-order valence-electron chi connectivity index (χ3n) is 7.94. The van der Waals surface area contributed by atoms with Crippen LogP contribution in [0.1, 0.15) is 67.0 Å². The summed E-state index contributed by atoms with van der Waals surface area (Å²) in [4.78, 5) is 41.3. The standard InChI is InChI=1S/C33H41N5O4/c1-33(2,3)42-32(41)38-27(13-15-29(38)30(39)25-9-5-4-6-10-25)21-24-12-14-28(35-22-24)31(40)37-19-17-36(18-20-37)23-26-11-7-8-16-34-26/h4-12,14,16,22,27,29-30,39H,13,15,17-21,23H2,1-3H3/t27?,29-,30-/m1/s1. The Labute approximate surface area is 248 Å². The van der Waals surface area contributed by atoms with Crippen molar-refractivity contribution >= 4 is 12.0 Å². The fourth-order valence-electron chi connectivity index (χ4n) is 5.83. The molecular formula is C33H41N5O4. The molecule has 2 aliphatic rings. The minimum atomic E-state index is -0.814. The molecule has 3 atom stereocenters. The Balaban J connectivity index is 1.21. The lowest BCUT2D eigenvalue weighted by Gasteiger charge is -2.35. The highest BCUT2D eigenvalue weighted by Crippen LogP contribution is 2.35. The Kier molecular flexibility index (Phi) is 9.18. The van der Waals surface area contributed by atoms with Gasteiger partial charge in [0.15, 0.2) is 0 Å². The van der Waals surface area contributed by atoms with E-state index in [1.165, 1.54) is 0 Å².